The number of hydrogen-bond donors (Lipinski definition) is 3. The van der Waals surface area contributed by atoms with Crippen molar-refractivity contribution in [3.05, 3.63) is 0 Å². The Labute approximate surface area is 87.5 Å². The number of carboxylic acids is 1. The third kappa shape index (κ3) is 4.75. The van der Waals surface area contributed by atoms with Crippen molar-refractivity contribution >= 4 is 11.9 Å². The van der Waals surface area contributed by atoms with Crippen LogP contribution in [0.25, 0.3) is 0 Å². The van der Waals surface area contributed by atoms with Crippen LogP contribution in [-0.2, 0) is 14.3 Å². The van der Waals surface area contributed by atoms with Crippen molar-refractivity contribution in [2.45, 2.75) is 37.9 Å². The van der Waals surface area contributed by atoms with Crippen LogP contribution in [0.5, 0.6) is 0 Å². The van der Waals surface area contributed by atoms with Gasteiger partial charge in [-0.3, -0.25) is 4.79 Å². The zero-order valence-electron chi connectivity index (χ0n) is 8.98. The lowest BCUT2D eigenvalue weighted by Gasteiger charge is -2.28. The topological polar surface area (TPSA) is 104 Å². The zero-order chi connectivity index (χ0) is 12.3. The van der Waals surface area contributed by atoms with Crippen molar-refractivity contribution in [2.75, 3.05) is 7.11 Å². The van der Waals surface area contributed by atoms with E-state index in [9.17, 15) is 19.8 Å². The first-order chi connectivity index (χ1) is 6.60. The lowest BCUT2D eigenvalue weighted by Crippen LogP contribution is -2.46. The maximum absolute atomic E-state index is 10.9. The van der Waals surface area contributed by atoms with Crippen LogP contribution in [0.2, 0.25) is 0 Å². The maximum Gasteiger partial charge on any atom is 0.336 e. The molecule has 0 aromatic carbocycles. The van der Waals surface area contributed by atoms with Crippen molar-refractivity contribution in [1.29, 1.82) is 0 Å². The Kier molecular flexibility index (Phi) is 4.24. The molecule has 6 heteroatoms. The standard InChI is InChI=1S/C9H16O6/c1-8(2,13)5-9(14,7(11)12)4-6(10)15-3/h13-14H,4-5H2,1-3H3,(H,11,12)/t9-/m0/s1. The van der Waals surface area contributed by atoms with Gasteiger partial charge in [0.05, 0.1) is 19.1 Å². The second kappa shape index (κ2) is 4.59. The molecule has 0 aliphatic carbocycles. The normalized spacial score (nSPS) is 15.5. The molecule has 1 atom stereocenters. The van der Waals surface area contributed by atoms with E-state index >= 15 is 0 Å². The van der Waals surface area contributed by atoms with E-state index < -0.39 is 36.0 Å². The third-order valence-corrected chi connectivity index (χ3v) is 1.79. The molecule has 0 heterocycles. The molecule has 0 aliphatic rings. The summed E-state index contributed by atoms with van der Waals surface area (Å²) in [6.07, 6.45) is -1.15. The first-order valence-corrected chi connectivity index (χ1v) is 4.36. The van der Waals surface area contributed by atoms with Crippen LogP contribution in [0.4, 0.5) is 0 Å². The summed E-state index contributed by atoms with van der Waals surface area (Å²) in [6, 6.07) is 0. The number of carbonyl (C=O) groups is 2. The van der Waals surface area contributed by atoms with Crippen LogP contribution in [0.3, 0.4) is 0 Å². The van der Waals surface area contributed by atoms with Crippen LogP contribution in [-0.4, -0.2) is 45.6 Å². The molecule has 0 amide bonds. The fourth-order valence-corrected chi connectivity index (χ4v) is 1.24. The average molecular weight is 220 g/mol. The van der Waals surface area contributed by atoms with Gasteiger partial charge in [-0.2, -0.15) is 0 Å². The smallest absolute Gasteiger partial charge is 0.336 e. The predicted molar refractivity (Wildman–Crippen MR) is 50.1 cm³/mol. The van der Waals surface area contributed by atoms with Gasteiger partial charge >= 0.3 is 11.9 Å². The number of rotatable bonds is 5. The minimum Gasteiger partial charge on any atom is -0.479 e. The van der Waals surface area contributed by atoms with Crippen LogP contribution in [0.1, 0.15) is 26.7 Å². The number of hydrogen-bond acceptors (Lipinski definition) is 5. The summed E-state index contributed by atoms with van der Waals surface area (Å²) in [6.45, 7) is 2.69. The molecule has 0 radical (unpaired) electrons. The first-order valence-electron chi connectivity index (χ1n) is 4.36. The Balaban J connectivity index is 4.75. The van der Waals surface area contributed by atoms with Crippen LogP contribution >= 0.6 is 0 Å². The van der Waals surface area contributed by atoms with Gasteiger partial charge in [-0.15, -0.1) is 0 Å². The average Bonchev–Trinajstić information content (AvgIpc) is 2.00. The van der Waals surface area contributed by atoms with E-state index in [1.165, 1.54) is 13.8 Å². The van der Waals surface area contributed by atoms with E-state index in [4.69, 9.17) is 5.11 Å². The molecule has 15 heavy (non-hydrogen) atoms. The van der Waals surface area contributed by atoms with Gasteiger partial charge in [0, 0.05) is 6.42 Å². The molecular weight excluding hydrogens is 204 g/mol. The number of carbonyl (C=O) groups excluding carboxylic acids is 1. The van der Waals surface area contributed by atoms with Gasteiger partial charge in [-0.05, 0) is 13.8 Å². The highest BCUT2D eigenvalue weighted by Crippen LogP contribution is 2.24. The molecule has 0 bridgehead atoms. The molecule has 0 rings (SSSR count). The molecule has 0 aliphatic heterocycles. The summed E-state index contributed by atoms with van der Waals surface area (Å²) in [5.74, 6) is -2.40. The number of ether oxygens (including phenoxy) is 1. The largest absolute Gasteiger partial charge is 0.479 e. The van der Waals surface area contributed by atoms with Gasteiger partial charge in [0.15, 0.2) is 5.60 Å². The number of aliphatic hydroxyl groups is 2. The van der Waals surface area contributed by atoms with Gasteiger partial charge in [-0.1, -0.05) is 0 Å². The fraction of sp³-hybridized carbons (Fsp3) is 0.778. The summed E-state index contributed by atoms with van der Waals surface area (Å²) in [4.78, 5) is 21.7. The van der Waals surface area contributed by atoms with E-state index in [0.717, 1.165) is 7.11 Å². The van der Waals surface area contributed by atoms with E-state index in [2.05, 4.69) is 4.74 Å². The van der Waals surface area contributed by atoms with Crippen LogP contribution < -0.4 is 0 Å². The molecule has 0 unspecified atom stereocenters. The summed E-state index contributed by atoms with van der Waals surface area (Å²) < 4.78 is 4.27. The Morgan fingerprint density at radius 1 is 1.27 bits per heavy atom. The monoisotopic (exact) mass is 220 g/mol. The molecule has 0 spiro atoms. The second-order valence-electron chi connectivity index (χ2n) is 4.08. The predicted octanol–water partition coefficient (Wildman–Crippen LogP) is -0.474. The SMILES string of the molecule is COC(=O)C[C@](O)(CC(C)(C)O)C(=O)O. The van der Waals surface area contributed by atoms with Crippen molar-refractivity contribution < 1.29 is 29.6 Å². The quantitative estimate of drug-likeness (QED) is 0.541. The van der Waals surface area contributed by atoms with Gasteiger partial charge in [0.2, 0.25) is 0 Å². The second-order valence-corrected chi connectivity index (χ2v) is 4.08. The van der Waals surface area contributed by atoms with Gasteiger partial charge in [0.25, 0.3) is 0 Å². The Morgan fingerprint density at radius 3 is 2.00 bits per heavy atom. The van der Waals surface area contributed by atoms with E-state index in [1.807, 2.05) is 0 Å². The minimum absolute atomic E-state index is 0.454. The van der Waals surface area contributed by atoms with Gasteiger partial charge < -0.3 is 20.1 Å². The van der Waals surface area contributed by atoms with Crippen molar-refractivity contribution in [1.82, 2.24) is 0 Å². The number of methoxy groups -OCH3 is 1. The highest BCUT2D eigenvalue weighted by molar-refractivity contribution is 5.84. The lowest BCUT2D eigenvalue weighted by atomic mass is 9.87. The fourth-order valence-electron chi connectivity index (χ4n) is 1.24. The van der Waals surface area contributed by atoms with Crippen molar-refractivity contribution in [3.8, 4) is 0 Å². The number of carboxylic acid groups (broad SMARTS) is 1. The van der Waals surface area contributed by atoms with Crippen LogP contribution in [0.15, 0.2) is 0 Å². The third-order valence-electron chi connectivity index (χ3n) is 1.79. The minimum atomic E-state index is -2.30. The highest BCUT2D eigenvalue weighted by atomic mass is 16.5. The Morgan fingerprint density at radius 2 is 1.73 bits per heavy atom. The summed E-state index contributed by atoms with van der Waals surface area (Å²) >= 11 is 0. The molecule has 6 nitrogen and oxygen atoms in total. The molecule has 0 aromatic rings. The molecule has 0 saturated carbocycles. The van der Waals surface area contributed by atoms with Crippen LogP contribution in [0, 0.1) is 0 Å². The summed E-state index contributed by atoms with van der Waals surface area (Å²) in [5, 5.41) is 27.8. The number of aliphatic carboxylic acids is 1. The van der Waals surface area contributed by atoms with Gasteiger partial charge in [-0.25, -0.2) is 4.79 Å². The highest BCUT2D eigenvalue weighted by Gasteiger charge is 2.42. The molecule has 88 valence electrons. The van der Waals surface area contributed by atoms with Crippen molar-refractivity contribution in [3.63, 3.8) is 0 Å². The van der Waals surface area contributed by atoms with E-state index in [1.54, 1.807) is 0 Å². The number of esters is 1. The molecule has 3 N–H and O–H groups in total. The van der Waals surface area contributed by atoms with E-state index in [0.29, 0.717) is 0 Å². The zero-order valence-corrected chi connectivity index (χ0v) is 8.98. The molecular formula is C9H16O6. The van der Waals surface area contributed by atoms with Gasteiger partial charge in [0.1, 0.15) is 0 Å². The van der Waals surface area contributed by atoms with E-state index in [-0.39, 0.29) is 0 Å². The Hall–Kier alpha value is -1.14. The molecule has 0 fully saturated rings. The maximum atomic E-state index is 10.9. The molecule has 0 aromatic heterocycles. The lowest BCUT2D eigenvalue weighted by molar-refractivity contribution is -0.172. The first kappa shape index (κ1) is 13.9. The Bertz CT molecular complexity index is 254. The van der Waals surface area contributed by atoms with Crippen molar-refractivity contribution in [2.24, 2.45) is 0 Å². The summed E-state index contributed by atoms with van der Waals surface area (Å²) in [5.41, 5.74) is -3.69. The summed E-state index contributed by atoms with van der Waals surface area (Å²) in [7, 11) is 1.09. The molecule has 0 saturated heterocycles.